The Labute approximate surface area is 90.2 Å². The summed E-state index contributed by atoms with van der Waals surface area (Å²) in [6.07, 6.45) is 3.44. The fraction of sp³-hybridized carbons (Fsp3) is 0.833. The van der Waals surface area contributed by atoms with Crippen LogP contribution in [0.4, 0.5) is 0 Å². The lowest BCUT2D eigenvalue weighted by Gasteiger charge is -2.26. The van der Waals surface area contributed by atoms with Gasteiger partial charge in [0.05, 0.1) is 0 Å². The molecule has 14 heavy (non-hydrogen) atoms. The van der Waals surface area contributed by atoms with Gasteiger partial charge in [-0.25, -0.2) is 0 Å². The Morgan fingerprint density at radius 3 is 2.14 bits per heavy atom. The second-order valence-corrected chi connectivity index (χ2v) is 3.70. The molecule has 2 heteroatoms. The van der Waals surface area contributed by atoms with E-state index in [1.54, 1.807) is 0 Å². The molecule has 0 aromatic heterocycles. The van der Waals surface area contributed by atoms with Gasteiger partial charge < -0.3 is 5.73 Å². The normalized spacial score (nSPS) is 11.6. The van der Waals surface area contributed by atoms with Crippen molar-refractivity contribution in [3.05, 3.63) is 11.6 Å². The maximum absolute atomic E-state index is 4.50. The van der Waals surface area contributed by atoms with E-state index >= 15 is 0 Å². The minimum atomic E-state index is 0.667. The summed E-state index contributed by atoms with van der Waals surface area (Å²) in [6.45, 7) is 13.4. The Morgan fingerprint density at radius 1 is 1.36 bits per heavy atom. The second kappa shape index (κ2) is 10.7. The molecular formula is C12H28N2. The van der Waals surface area contributed by atoms with E-state index in [0.717, 1.165) is 6.54 Å². The smallest absolute Gasteiger partial charge is 0.0192 e. The molecule has 0 unspecified atom stereocenters. The van der Waals surface area contributed by atoms with E-state index in [4.69, 9.17) is 0 Å². The van der Waals surface area contributed by atoms with Crippen molar-refractivity contribution in [1.29, 1.82) is 0 Å². The van der Waals surface area contributed by atoms with Crippen LogP contribution < -0.4 is 5.73 Å². The van der Waals surface area contributed by atoms with Gasteiger partial charge in [-0.1, -0.05) is 18.6 Å². The number of nitrogens with zero attached hydrogens (tertiary/aromatic N) is 1. The Kier molecular flexibility index (Phi) is 12.4. The van der Waals surface area contributed by atoms with Gasteiger partial charge in [-0.2, -0.15) is 0 Å². The largest absolute Gasteiger partial charge is 0.333 e. The summed E-state index contributed by atoms with van der Waals surface area (Å²) in [5.74, 6) is 0. The topological polar surface area (TPSA) is 29.3 Å². The molecule has 0 bridgehead atoms. The highest BCUT2D eigenvalue weighted by Crippen LogP contribution is 2.04. The molecule has 0 aromatic carbocycles. The third-order valence-electron chi connectivity index (χ3n) is 2.19. The fourth-order valence-corrected chi connectivity index (χ4v) is 1.22. The average molecular weight is 200 g/mol. The van der Waals surface area contributed by atoms with Crippen LogP contribution in [0.2, 0.25) is 0 Å². The molecule has 0 aliphatic carbocycles. The van der Waals surface area contributed by atoms with E-state index in [1.807, 2.05) is 0 Å². The van der Waals surface area contributed by atoms with Gasteiger partial charge >= 0.3 is 0 Å². The summed E-state index contributed by atoms with van der Waals surface area (Å²) >= 11 is 0. The third-order valence-corrected chi connectivity index (χ3v) is 2.19. The molecule has 2 N–H and O–H groups in total. The number of hydrogen-bond acceptors (Lipinski definition) is 2. The summed E-state index contributed by atoms with van der Waals surface area (Å²) in [5, 5.41) is 0. The lowest BCUT2D eigenvalue weighted by atomic mass is 10.2. The molecule has 0 radical (unpaired) electrons. The lowest BCUT2D eigenvalue weighted by molar-refractivity contribution is 0.241. The summed E-state index contributed by atoms with van der Waals surface area (Å²) in [5.41, 5.74) is 5.97. The van der Waals surface area contributed by atoms with Crippen LogP contribution in [-0.2, 0) is 0 Å². The molecule has 0 heterocycles. The Hall–Kier alpha value is -0.340. The standard InChI is InChI=1S/C11H23N.CH5N/c1-6-8-12(10(3)4)9-11(5)7-2;1-2/h7,10H,6,8-9H2,1-5H3;2H2,1H3/b11-7+;. The Balaban J connectivity index is 0. The zero-order chi connectivity index (χ0) is 11.6. The van der Waals surface area contributed by atoms with E-state index in [-0.39, 0.29) is 0 Å². The Morgan fingerprint density at radius 2 is 1.86 bits per heavy atom. The van der Waals surface area contributed by atoms with Crippen molar-refractivity contribution in [3.8, 4) is 0 Å². The lowest BCUT2D eigenvalue weighted by Crippen LogP contribution is -2.32. The number of hydrogen-bond donors (Lipinski definition) is 1. The fourth-order valence-electron chi connectivity index (χ4n) is 1.22. The molecule has 0 rings (SSSR count). The zero-order valence-electron chi connectivity index (χ0n) is 10.8. The van der Waals surface area contributed by atoms with Crippen LogP contribution in [0.15, 0.2) is 11.6 Å². The van der Waals surface area contributed by atoms with E-state index in [2.05, 4.69) is 51.3 Å². The summed E-state index contributed by atoms with van der Waals surface area (Å²) in [4.78, 5) is 2.51. The summed E-state index contributed by atoms with van der Waals surface area (Å²) in [6, 6.07) is 0.667. The average Bonchev–Trinajstić information content (AvgIpc) is 2.19. The quantitative estimate of drug-likeness (QED) is 0.691. The molecule has 0 saturated carbocycles. The van der Waals surface area contributed by atoms with Gasteiger partial charge in [0.2, 0.25) is 0 Å². The maximum atomic E-state index is 4.50. The van der Waals surface area contributed by atoms with Gasteiger partial charge in [0, 0.05) is 12.6 Å². The third kappa shape index (κ3) is 8.27. The molecule has 0 fully saturated rings. The van der Waals surface area contributed by atoms with Gasteiger partial charge in [-0.3, -0.25) is 4.90 Å². The first-order valence-electron chi connectivity index (χ1n) is 5.55. The summed E-state index contributed by atoms with van der Waals surface area (Å²) in [7, 11) is 1.50. The number of allylic oxidation sites excluding steroid dienone is 1. The highest BCUT2D eigenvalue weighted by molar-refractivity contribution is 4.98. The van der Waals surface area contributed by atoms with Gasteiger partial charge in [-0.05, 0) is 47.7 Å². The first kappa shape index (κ1) is 16.1. The van der Waals surface area contributed by atoms with Crippen LogP contribution in [0.1, 0.15) is 41.0 Å². The Bertz CT molecular complexity index is 139. The molecule has 0 amide bonds. The monoisotopic (exact) mass is 200 g/mol. The van der Waals surface area contributed by atoms with Crippen molar-refractivity contribution < 1.29 is 0 Å². The van der Waals surface area contributed by atoms with Crippen LogP contribution >= 0.6 is 0 Å². The van der Waals surface area contributed by atoms with Crippen molar-refractivity contribution in [2.24, 2.45) is 5.73 Å². The van der Waals surface area contributed by atoms with Gasteiger partial charge in [0.15, 0.2) is 0 Å². The van der Waals surface area contributed by atoms with Crippen LogP contribution in [0.3, 0.4) is 0 Å². The predicted octanol–water partition coefficient (Wildman–Crippen LogP) is 2.65. The van der Waals surface area contributed by atoms with E-state index in [0.29, 0.717) is 6.04 Å². The van der Waals surface area contributed by atoms with E-state index < -0.39 is 0 Å². The first-order valence-corrected chi connectivity index (χ1v) is 5.55. The first-order chi connectivity index (χ1) is 6.61. The van der Waals surface area contributed by atoms with Crippen molar-refractivity contribution in [1.82, 2.24) is 4.90 Å². The molecule has 0 saturated heterocycles. The van der Waals surface area contributed by atoms with Crippen LogP contribution in [-0.4, -0.2) is 31.1 Å². The molecule has 0 aliphatic heterocycles. The zero-order valence-corrected chi connectivity index (χ0v) is 10.8. The van der Waals surface area contributed by atoms with E-state index in [1.165, 1.54) is 25.6 Å². The molecule has 0 atom stereocenters. The van der Waals surface area contributed by atoms with Gasteiger partial charge in [0.1, 0.15) is 0 Å². The van der Waals surface area contributed by atoms with E-state index in [9.17, 15) is 0 Å². The van der Waals surface area contributed by atoms with Crippen molar-refractivity contribution >= 4 is 0 Å². The van der Waals surface area contributed by atoms with Crippen LogP contribution in [0, 0.1) is 0 Å². The molecule has 0 aliphatic rings. The van der Waals surface area contributed by atoms with Crippen molar-refractivity contribution in [2.45, 2.75) is 47.1 Å². The van der Waals surface area contributed by atoms with Crippen molar-refractivity contribution in [3.63, 3.8) is 0 Å². The minimum absolute atomic E-state index is 0.667. The molecule has 2 nitrogen and oxygen atoms in total. The molecule has 86 valence electrons. The highest BCUT2D eigenvalue weighted by atomic mass is 15.1. The summed E-state index contributed by atoms with van der Waals surface area (Å²) < 4.78 is 0. The van der Waals surface area contributed by atoms with Crippen LogP contribution in [0.5, 0.6) is 0 Å². The molecule has 0 spiro atoms. The number of nitrogens with two attached hydrogens (primary N) is 1. The predicted molar refractivity (Wildman–Crippen MR) is 66.5 cm³/mol. The minimum Gasteiger partial charge on any atom is -0.333 e. The second-order valence-electron chi connectivity index (χ2n) is 3.70. The highest BCUT2D eigenvalue weighted by Gasteiger charge is 2.07. The molecule has 0 aromatic rings. The van der Waals surface area contributed by atoms with Gasteiger partial charge in [-0.15, -0.1) is 0 Å². The number of rotatable bonds is 5. The van der Waals surface area contributed by atoms with Crippen LogP contribution in [0.25, 0.3) is 0 Å². The SMILES string of the molecule is C/C=C(\C)CN(CCC)C(C)C.CN. The van der Waals surface area contributed by atoms with Crippen molar-refractivity contribution in [2.75, 3.05) is 20.1 Å². The molecular weight excluding hydrogens is 172 g/mol. The maximum Gasteiger partial charge on any atom is 0.0192 e. The van der Waals surface area contributed by atoms with Gasteiger partial charge in [0.25, 0.3) is 0 Å².